The zero-order chi connectivity index (χ0) is 28.2. The molecule has 210 valence electrons. The van der Waals surface area contributed by atoms with Gasteiger partial charge >= 0.3 is 5.97 Å². The molecule has 2 saturated heterocycles. The number of fused-ring (bicyclic) bond motifs is 1. The molecule has 40 heavy (non-hydrogen) atoms. The largest absolute Gasteiger partial charge is 0.504 e. The Morgan fingerprint density at radius 1 is 0.850 bits per heavy atom. The summed E-state index contributed by atoms with van der Waals surface area (Å²) < 4.78 is 36.6. The van der Waals surface area contributed by atoms with Gasteiger partial charge in [-0.15, -0.1) is 0 Å². The quantitative estimate of drug-likeness (QED) is 0.147. The molecule has 0 amide bonds. The van der Waals surface area contributed by atoms with Crippen molar-refractivity contribution in [1.29, 1.82) is 0 Å². The van der Waals surface area contributed by atoms with Crippen LogP contribution < -0.4 is 0 Å². The van der Waals surface area contributed by atoms with Gasteiger partial charge in [0.05, 0.1) is 26.6 Å². The molecule has 2 aliphatic rings. The van der Waals surface area contributed by atoms with Crippen LogP contribution in [-0.2, 0) is 38.8 Å². The predicted octanol–water partition coefficient (Wildman–Crippen LogP) is 5.38. The van der Waals surface area contributed by atoms with E-state index in [2.05, 4.69) is 36.4 Å². The van der Waals surface area contributed by atoms with Crippen molar-refractivity contribution in [3.63, 3.8) is 0 Å². The van der Waals surface area contributed by atoms with E-state index in [0.717, 1.165) is 16.7 Å². The van der Waals surface area contributed by atoms with Crippen LogP contribution in [0.15, 0.2) is 103 Å². The van der Waals surface area contributed by atoms with E-state index in [1.54, 1.807) is 6.92 Å². The fraction of sp³-hybridized carbons (Fsp3) is 0.364. The monoisotopic (exact) mass is 544 g/mol. The van der Waals surface area contributed by atoms with Gasteiger partial charge < -0.3 is 28.4 Å². The first-order valence-corrected chi connectivity index (χ1v) is 13.6. The molecule has 2 heterocycles. The molecule has 3 aromatic carbocycles. The summed E-state index contributed by atoms with van der Waals surface area (Å²) in [5.74, 6) is -1.38. The van der Waals surface area contributed by atoms with Crippen LogP contribution in [0.2, 0.25) is 0 Å². The van der Waals surface area contributed by atoms with E-state index in [1.807, 2.05) is 68.4 Å². The first-order valence-electron chi connectivity index (χ1n) is 13.6. The molecule has 1 unspecified atom stereocenters. The van der Waals surface area contributed by atoms with Gasteiger partial charge in [0, 0.05) is 0 Å². The maximum atomic E-state index is 12.9. The Morgan fingerprint density at radius 2 is 1.35 bits per heavy atom. The molecule has 3 aromatic rings. The van der Waals surface area contributed by atoms with Gasteiger partial charge in [0.25, 0.3) is 0 Å². The van der Waals surface area contributed by atoms with Gasteiger partial charge in [0.1, 0.15) is 35.6 Å². The second kappa shape index (κ2) is 11.9. The molecule has 0 saturated carbocycles. The Labute approximate surface area is 235 Å². The number of carbonyl (C=O) groups excluding carboxylic acids is 1. The Bertz CT molecular complexity index is 1190. The Kier molecular flexibility index (Phi) is 8.38. The fourth-order valence-electron chi connectivity index (χ4n) is 5.61. The number of methoxy groups -OCH3 is 1. The van der Waals surface area contributed by atoms with Crippen LogP contribution >= 0.6 is 0 Å². The Balaban J connectivity index is 1.54. The molecule has 0 N–H and O–H groups in total. The van der Waals surface area contributed by atoms with Crippen molar-refractivity contribution in [3.8, 4) is 0 Å². The molecule has 2 aliphatic heterocycles. The molecular weight excluding hydrogens is 508 g/mol. The maximum absolute atomic E-state index is 12.9. The summed E-state index contributed by atoms with van der Waals surface area (Å²) in [5, 5.41) is 0. The van der Waals surface area contributed by atoms with Crippen molar-refractivity contribution in [2.75, 3.05) is 20.3 Å². The van der Waals surface area contributed by atoms with Crippen molar-refractivity contribution in [2.45, 2.75) is 56.6 Å². The average Bonchev–Trinajstić information content (AvgIpc) is 3.46. The molecule has 5 rings (SSSR count). The molecule has 7 heteroatoms. The van der Waals surface area contributed by atoms with E-state index < -0.39 is 41.8 Å². The van der Waals surface area contributed by atoms with Gasteiger partial charge in [-0.25, -0.2) is 4.79 Å². The molecule has 4 atom stereocenters. The molecular formula is C33H36O7. The summed E-state index contributed by atoms with van der Waals surface area (Å²) in [7, 11) is 1.48. The highest BCUT2D eigenvalue weighted by Gasteiger charge is 2.57. The lowest BCUT2D eigenvalue weighted by Gasteiger charge is -2.37. The number of carbonyl (C=O) groups is 1. The number of hydrogen-bond donors (Lipinski definition) is 0. The summed E-state index contributed by atoms with van der Waals surface area (Å²) in [6.07, 6.45) is -0.954. The number of ether oxygens (including phenoxy) is 6. The van der Waals surface area contributed by atoms with E-state index in [1.165, 1.54) is 13.4 Å². The minimum atomic E-state index is -0.929. The number of hydrogen-bond acceptors (Lipinski definition) is 7. The van der Waals surface area contributed by atoms with Crippen LogP contribution in [-0.4, -0.2) is 56.5 Å². The van der Waals surface area contributed by atoms with E-state index >= 15 is 0 Å². The molecule has 7 nitrogen and oxygen atoms in total. The maximum Gasteiger partial charge on any atom is 0.339 e. The first-order chi connectivity index (χ1) is 19.4. The summed E-state index contributed by atoms with van der Waals surface area (Å²) >= 11 is 0. The lowest BCUT2D eigenvalue weighted by Crippen LogP contribution is -2.39. The van der Waals surface area contributed by atoms with Gasteiger partial charge in [-0.2, -0.15) is 0 Å². The van der Waals surface area contributed by atoms with Gasteiger partial charge in [-0.1, -0.05) is 91.0 Å². The minimum Gasteiger partial charge on any atom is -0.504 e. The normalized spacial score (nSPS) is 23.9. The summed E-state index contributed by atoms with van der Waals surface area (Å²) in [6, 6.07) is 30.4. The highest BCUT2D eigenvalue weighted by molar-refractivity contribution is 5.89. The van der Waals surface area contributed by atoms with E-state index in [0.29, 0.717) is 0 Å². The van der Waals surface area contributed by atoms with Crippen molar-refractivity contribution >= 4 is 5.97 Å². The van der Waals surface area contributed by atoms with Crippen LogP contribution in [0.4, 0.5) is 0 Å². The van der Waals surface area contributed by atoms with Crippen LogP contribution in [0.25, 0.3) is 0 Å². The first kappa shape index (κ1) is 28.1. The summed E-state index contributed by atoms with van der Waals surface area (Å²) in [5.41, 5.74) is 2.25. The SMILES string of the molecule is CCOC(=O)/C(=C/OC)C1O[C@H](COC(c2ccccc2)(c2ccccc2)c2ccccc2)[C@H]2OC(C)(C)O[C@@H]12. The van der Waals surface area contributed by atoms with Crippen LogP contribution in [0.5, 0.6) is 0 Å². The van der Waals surface area contributed by atoms with Gasteiger partial charge in [-0.3, -0.25) is 0 Å². The number of esters is 1. The van der Waals surface area contributed by atoms with Crippen molar-refractivity contribution in [3.05, 3.63) is 120 Å². The Hall–Kier alpha value is -3.49. The average molecular weight is 545 g/mol. The highest BCUT2D eigenvalue weighted by atomic mass is 16.8. The lowest BCUT2D eigenvalue weighted by molar-refractivity contribution is -0.192. The molecule has 0 radical (unpaired) electrons. The molecule has 2 fully saturated rings. The Morgan fingerprint density at radius 3 is 1.82 bits per heavy atom. The van der Waals surface area contributed by atoms with Gasteiger partial charge in [0.15, 0.2) is 5.79 Å². The molecule has 0 spiro atoms. The third-order valence-electron chi connectivity index (χ3n) is 7.22. The number of benzene rings is 3. The number of rotatable bonds is 10. The van der Waals surface area contributed by atoms with Gasteiger partial charge in [-0.05, 0) is 37.5 Å². The van der Waals surface area contributed by atoms with Gasteiger partial charge in [0.2, 0.25) is 0 Å². The standard InChI is InChI=1S/C33H36O7/c1-5-36-31(34)26(21-35-4)28-30-29(39-32(2,3)40-30)27(38-28)22-37-33(23-15-9-6-10-16-23,24-17-11-7-12-18-24)25-19-13-8-14-20-25/h6-21,27-30H,5,22H2,1-4H3/b26-21+/t27-,28?,29-,30+/m1/s1. The van der Waals surface area contributed by atoms with E-state index in [4.69, 9.17) is 28.4 Å². The van der Waals surface area contributed by atoms with Crippen LogP contribution in [0.3, 0.4) is 0 Å². The second-order valence-electron chi connectivity index (χ2n) is 10.3. The predicted molar refractivity (Wildman–Crippen MR) is 149 cm³/mol. The molecule has 0 bridgehead atoms. The van der Waals surface area contributed by atoms with Crippen molar-refractivity contribution < 1.29 is 33.2 Å². The third-order valence-corrected chi connectivity index (χ3v) is 7.22. The summed E-state index contributed by atoms with van der Waals surface area (Å²) in [4.78, 5) is 12.9. The zero-order valence-corrected chi connectivity index (χ0v) is 23.3. The van der Waals surface area contributed by atoms with Crippen LogP contribution in [0.1, 0.15) is 37.5 Å². The summed E-state index contributed by atoms with van der Waals surface area (Å²) in [6.45, 7) is 5.85. The van der Waals surface area contributed by atoms with Crippen molar-refractivity contribution in [2.24, 2.45) is 0 Å². The lowest BCUT2D eigenvalue weighted by atomic mass is 9.80. The topological polar surface area (TPSA) is 72.5 Å². The molecule has 0 aromatic heterocycles. The smallest absolute Gasteiger partial charge is 0.339 e. The zero-order valence-electron chi connectivity index (χ0n) is 23.3. The highest BCUT2D eigenvalue weighted by Crippen LogP contribution is 2.44. The molecule has 0 aliphatic carbocycles. The second-order valence-corrected chi connectivity index (χ2v) is 10.3. The van der Waals surface area contributed by atoms with E-state index in [-0.39, 0.29) is 18.8 Å². The minimum absolute atomic E-state index is 0.166. The van der Waals surface area contributed by atoms with Crippen molar-refractivity contribution in [1.82, 2.24) is 0 Å². The van der Waals surface area contributed by atoms with E-state index in [9.17, 15) is 4.79 Å². The fourth-order valence-corrected chi connectivity index (χ4v) is 5.61. The third kappa shape index (κ3) is 5.43. The van der Waals surface area contributed by atoms with Crippen LogP contribution in [0, 0.1) is 0 Å².